The third-order valence-electron chi connectivity index (χ3n) is 2.77. The van der Waals surface area contributed by atoms with Gasteiger partial charge in [-0.3, -0.25) is 10.1 Å². The van der Waals surface area contributed by atoms with Gasteiger partial charge in [0.1, 0.15) is 0 Å². The summed E-state index contributed by atoms with van der Waals surface area (Å²) in [6.45, 7) is 0.522. The zero-order valence-corrected chi connectivity index (χ0v) is 8.22. The van der Waals surface area contributed by atoms with E-state index in [2.05, 4.69) is 5.32 Å². The molecule has 0 aromatic rings. The minimum atomic E-state index is -0.318. The van der Waals surface area contributed by atoms with E-state index in [-0.39, 0.29) is 22.6 Å². The molecule has 0 spiro atoms. The molecule has 0 amide bonds. The third-order valence-corrected chi connectivity index (χ3v) is 2.77. The molecular weight excluding hydrogens is 194 g/mol. The number of nitrogens with two attached hydrogens (primary N) is 1. The van der Waals surface area contributed by atoms with E-state index >= 15 is 0 Å². The van der Waals surface area contributed by atoms with Crippen LogP contribution >= 0.6 is 0 Å². The fourth-order valence-corrected chi connectivity index (χ4v) is 2.11. The predicted octanol–water partition coefficient (Wildman–Crippen LogP) is 0.538. The fourth-order valence-electron chi connectivity index (χ4n) is 2.11. The SMILES string of the molecule is NCCC1=CC=CC2NC=C([N+](=O)[O-])C12. The molecule has 1 aliphatic heterocycles. The van der Waals surface area contributed by atoms with Crippen LogP contribution in [0.1, 0.15) is 6.42 Å². The van der Waals surface area contributed by atoms with Crippen molar-refractivity contribution in [3.8, 4) is 0 Å². The van der Waals surface area contributed by atoms with E-state index in [0.717, 1.165) is 5.57 Å². The van der Waals surface area contributed by atoms with E-state index in [0.29, 0.717) is 13.0 Å². The van der Waals surface area contributed by atoms with Gasteiger partial charge in [-0.05, 0) is 13.0 Å². The molecule has 0 fully saturated rings. The van der Waals surface area contributed by atoms with Crippen molar-refractivity contribution in [2.75, 3.05) is 6.54 Å². The van der Waals surface area contributed by atoms with Gasteiger partial charge < -0.3 is 11.1 Å². The summed E-state index contributed by atoms with van der Waals surface area (Å²) in [7, 11) is 0. The number of nitrogens with one attached hydrogen (secondary N) is 1. The van der Waals surface area contributed by atoms with Crippen molar-refractivity contribution >= 4 is 0 Å². The lowest BCUT2D eigenvalue weighted by Crippen LogP contribution is -2.30. The van der Waals surface area contributed by atoms with E-state index in [1.165, 1.54) is 6.20 Å². The Morgan fingerprint density at radius 1 is 1.60 bits per heavy atom. The molecule has 2 rings (SSSR count). The first-order valence-electron chi connectivity index (χ1n) is 4.92. The van der Waals surface area contributed by atoms with E-state index < -0.39 is 0 Å². The minimum Gasteiger partial charge on any atom is -0.378 e. The molecule has 5 nitrogen and oxygen atoms in total. The van der Waals surface area contributed by atoms with Gasteiger partial charge in [-0.1, -0.05) is 23.8 Å². The summed E-state index contributed by atoms with van der Waals surface area (Å²) in [4.78, 5) is 10.5. The van der Waals surface area contributed by atoms with Gasteiger partial charge in [0.2, 0.25) is 0 Å². The fraction of sp³-hybridized carbons (Fsp3) is 0.400. The highest BCUT2D eigenvalue weighted by molar-refractivity contribution is 5.34. The van der Waals surface area contributed by atoms with Crippen molar-refractivity contribution in [3.05, 3.63) is 45.8 Å². The second kappa shape index (κ2) is 3.86. The number of nitrogens with zero attached hydrogens (tertiary/aromatic N) is 1. The molecule has 0 aromatic carbocycles. The van der Waals surface area contributed by atoms with Gasteiger partial charge in [-0.2, -0.15) is 0 Å². The van der Waals surface area contributed by atoms with E-state index in [4.69, 9.17) is 5.73 Å². The minimum absolute atomic E-state index is 0.0250. The zero-order chi connectivity index (χ0) is 10.8. The molecule has 0 saturated heterocycles. The van der Waals surface area contributed by atoms with Crippen LogP contribution in [0.5, 0.6) is 0 Å². The van der Waals surface area contributed by atoms with Crippen LogP contribution in [0.25, 0.3) is 0 Å². The number of allylic oxidation sites excluding steroid dienone is 2. The van der Waals surface area contributed by atoms with Crippen molar-refractivity contribution in [2.24, 2.45) is 11.7 Å². The molecule has 5 heteroatoms. The summed E-state index contributed by atoms with van der Waals surface area (Å²) < 4.78 is 0. The Labute approximate surface area is 87.5 Å². The molecule has 80 valence electrons. The molecule has 2 atom stereocenters. The lowest BCUT2D eigenvalue weighted by atomic mass is 9.85. The summed E-state index contributed by atoms with van der Waals surface area (Å²) in [5.41, 5.74) is 6.77. The molecule has 0 saturated carbocycles. The number of fused-ring (bicyclic) bond motifs is 1. The monoisotopic (exact) mass is 207 g/mol. The molecule has 0 radical (unpaired) electrons. The maximum Gasteiger partial charge on any atom is 0.271 e. The number of nitro groups is 1. The normalized spacial score (nSPS) is 27.8. The van der Waals surface area contributed by atoms with Gasteiger partial charge in [-0.15, -0.1) is 0 Å². The van der Waals surface area contributed by atoms with Crippen LogP contribution in [0, 0.1) is 16.0 Å². The van der Waals surface area contributed by atoms with E-state index in [1.807, 2.05) is 18.2 Å². The Bertz CT molecular complexity index is 371. The predicted molar refractivity (Wildman–Crippen MR) is 56.4 cm³/mol. The summed E-state index contributed by atoms with van der Waals surface area (Å²) in [6, 6.07) is 0.0250. The maximum atomic E-state index is 10.8. The highest BCUT2D eigenvalue weighted by Gasteiger charge is 2.39. The largest absolute Gasteiger partial charge is 0.378 e. The zero-order valence-electron chi connectivity index (χ0n) is 8.22. The van der Waals surface area contributed by atoms with Gasteiger partial charge in [0, 0.05) is 0 Å². The molecule has 0 aromatic heterocycles. The van der Waals surface area contributed by atoms with Crippen LogP contribution in [0.15, 0.2) is 35.7 Å². The van der Waals surface area contributed by atoms with Crippen LogP contribution in [-0.2, 0) is 0 Å². The van der Waals surface area contributed by atoms with Gasteiger partial charge in [0.25, 0.3) is 5.70 Å². The highest BCUT2D eigenvalue weighted by atomic mass is 16.6. The van der Waals surface area contributed by atoms with Crippen LogP contribution in [0.2, 0.25) is 0 Å². The van der Waals surface area contributed by atoms with Gasteiger partial charge >= 0.3 is 0 Å². The molecule has 2 aliphatic rings. The number of rotatable bonds is 3. The molecule has 3 N–H and O–H groups in total. The lowest BCUT2D eigenvalue weighted by molar-refractivity contribution is -0.431. The third kappa shape index (κ3) is 1.66. The summed E-state index contributed by atoms with van der Waals surface area (Å²) in [6.07, 6.45) is 8.00. The number of hydrogen-bond acceptors (Lipinski definition) is 4. The lowest BCUT2D eigenvalue weighted by Gasteiger charge is -2.21. The van der Waals surface area contributed by atoms with Crippen LogP contribution in [-0.4, -0.2) is 17.5 Å². The Hall–Kier alpha value is -1.62. The first kappa shape index (κ1) is 9.92. The summed E-state index contributed by atoms with van der Waals surface area (Å²) >= 11 is 0. The van der Waals surface area contributed by atoms with Crippen molar-refractivity contribution in [3.63, 3.8) is 0 Å². The molecule has 0 bridgehead atoms. The van der Waals surface area contributed by atoms with E-state index in [9.17, 15) is 10.1 Å². The highest BCUT2D eigenvalue weighted by Crippen LogP contribution is 2.33. The molecule has 2 unspecified atom stereocenters. The van der Waals surface area contributed by atoms with Gasteiger partial charge in [-0.25, -0.2) is 0 Å². The molecule has 1 heterocycles. The Balaban J connectivity index is 2.26. The Morgan fingerprint density at radius 2 is 2.40 bits per heavy atom. The van der Waals surface area contributed by atoms with Crippen LogP contribution < -0.4 is 11.1 Å². The smallest absolute Gasteiger partial charge is 0.271 e. The van der Waals surface area contributed by atoms with Crippen molar-refractivity contribution < 1.29 is 4.92 Å². The Morgan fingerprint density at radius 3 is 3.07 bits per heavy atom. The summed E-state index contributed by atoms with van der Waals surface area (Å²) in [5.74, 6) is -0.145. The summed E-state index contributed by atoms with van der Waals surface area (Å²) in [5, 5.41) is 13.8. The Kier molecular flexibility index (Phi) is 2.55. The second-order valence-corrected chi connectivity index (χ2v) is 3.66. The molecular formula is C10H13N3O2. The van der Waals surface area contributed by atoms with Crippen molar-refractivity contribution in [1.82, 2.24) is 5.32 Å². The van der Waals surface area contributed by atoms with Gasteiger partial charge in [0.15, 0.2) is 0 Å². The van der Waals surface area contributed by atoms with Gasteiger partial charge in [0.05, 0.1) is 23.1 Å². The average molecular weight is 207 g/mol. The number of hydrogen-bond donors (Lipinski definition) is 2. The standard InChI is InChI=1S/C10H13N3O2/c11-5-4-7-2-1-3-8-10(7)9(6-12-8)13(14)15/h1-3,6,8,10,12H,4-5,11H2. The van der Waals surface area contributed by atoms with Crippen molar-refractivity contribution in [1.29, 1.82) is 0 Å². The molecule has 1 aliphatic carbocycles. The maximum absolute atomic E-state index is 10.8. The topological polar surface area (TPSA) is 81.2 Å². The average Bonchev–Trinajstić information content (AvgIpc) is 2.62. The quantitative estimate of drug-likeness (QED) is 0.522. The van der Waals surface area contributed by atoms with E-state index in [1.54, 1.807) is 0 Å². The molecule has 15 heavy (non-hydrogen) atoms. The second-order valence-electron chi connectivity index (χ2n) is 3.66. The van der Waals surface area contributed by atoms with Crippen molar-refractivity contribution in [2.45, 2.75) is 12.5 Å². The van der Waals surface area contributed by atoms with Crippen LogP contribution in [0.3, 0.4) is 0 Å². The van der Waals surface area contributed by atoms with Crippen LogP contribution in [0.4, 0.5) is 0 Å². The first-order chi connectivity index (χ1) is 7.24. The first-order valence-corrected chi connectivity index (χ1v) is 4.92.